The molecule has 0 spiro atoms. The molecule has 0 N–H and O–H groups in total. The van der Waals surface area contributed by atoms with Crippen molar-refractivity contribution in [2.24, 2.45) is 0 Å². The van der Waals surface area contributed by atoms with Gasteiger partial charge >= 0.3 is 0 Å². The Morgan fingerprint density at radius 2 is 0.556 bits per heavy atom. The Kier molecular flexibility index (Phi) is 9.69. The van der Waals surface area contributed by atoms with Crippen molar-refractivity contribution >= 4 is 21.5 Å². The Hall–Kier alpha value is -9.24. The van der Waals surface area contributed by atoms with Crippen LogP contribution in [-0.4, -0.2) is 0 Å². The lowest BCUT2D eigenvalue weighted by Crippen LogP contribution is -2.34. The lowest BCUT2D eigenvalue weighted by atomic mass is 9.62. The summed E-state index contributed by atoms with van der Waals surface area (Å²) in [5, 5.41) is 4.67. The number of rotatable bonds is 7. The molecule has 0 saturated carbocycles. The Morgan fingerprint density at radius 3 is 0.958 bits per heavy atom. The zero-order valence-electron chi connectivity index (χ0n) is 39.4. The van der Waals surface area contributed by atoms with Crippen molar-refractivity contribution in [3.05, 3.63) is 324 Å². The van der Waals surface area contributed by atoms with E-state index in [-0.39, 0.29) is 0 Å². The minimum absolute atomic E-state index is 0.715. The van der Waals surface area contributed by atoms with Gasteiger partial charge in [0.1, 0.15) is 23.0 Å². The molecule has 0 radical (unpaired) electrons. The Balaban J connectivity index is 1.11. The number of benzene rings is 12. The SMILES string of the molecule is c1ccc(-c2c3cccc(-c4cccc5c4C(c4ccccc4)(c4ccccc4)c4ccccc4O5)c3cc3c(-c4cccc5c4C(c4ccccc4)(c4ccccc4)c4ccccc4O5)cccc23)cc1. The molecule has 2 nitrogen and oxygen atoms in total. The van der Waals surface area contributed by atoms with Gasteiger partial charge in [-0.05, 0) is 108 Å². The maximum absolute atomic E-state index is 7.05. The fourth-order valence-electron chi connectivity index (χ4n) is 12.5. The molecule has 0 unspecified atom stereocenters. The zero-order chi connectivity index (χ0) is 47.6. The van der Waals surface area contributed by atoms with Gasteiger partial charge in [0.05, 0.1) is 10.8 Å². The maximum Gasteiger partial charge on any atom is 0.132 e. The van der Waals surface area contributed by atoms with Crippen LogP contribution in [0.3, 0.4) is 0 Å². The van der Waals surface area contributed by atoms with Crippen LogP contribution < -0.4 is 9.47 Å². The predicted molar refractivity (Wildman–Crippen MR) is 295 cm³/mol. The summed E-state index contributed by atoms with van der Waals surface area (Å²) in [4.78, 5) is 0. The summed E-state index contributed by atoms with van der Waals surface area (Å²) in [7, 11) is 0. The van der Waals surface area contributed by atoms with Crippen molar-refractivity contribution < 1.29 is 9.47 Å². The second kappa shape index (κ2) is 16.7. The minimum Gasteiger partial charge on any atom is -0.457 e. The lowest BCUT2D eigenvalue weighted by molar-refractivity contribution is 0.435. The van der Waals surface area contributed by atoms with Gasteiger partial charge in [0, 0.05) is 22.3 Å². The van der Waals surface area contributed by atoms with Gasteiger partial charge in [0.2, 0.25) is 0 Å². The van der Waals surface area contributed by atoms with Gasteiger partial charge in [-0.2, -0.15) is 0 Å². The smallest absolute Gasteiger partial charge is 0.132 e. The molecular weight excluding hydrogens is 873 g/mol. The van der Waals surface area contributed by atoms with Crippen LogP contribution in [0.4, 0.5) is 0 Å². The highest BCUT2D eigenvalue weighted by Crippen LogP contribution is 2.61. The molecule has 0 amide bonds. The molecule has 2 heteroatoms. The van der Waals surface area contributed by atoms with Crippen molar-refractivity contribution in [3.63, 3.8) is 0 Å². The Bertz CT molecular complexity index is 3690. The van der Waals surface area contributed by atoms with E-state index in [0.29, 0.717) is 0 Å². The first-order valence-corrected chi connectivity index (χ1v) is 24.8. The molecule has 0 atom stereocenters. The van der Waals surface area contributed by atoms with Crippen LogP contribution in [0.1, 0.15) is 44.5 Å². The number of hydrogen-bond donors (Lipinski definition) is 0. The highest BCUT2D eigenvalue weighted by Gasteiger charge is 2.48. The summed E-state index contributed by atoms with van der Waals surface area (Å²) in [6.07, 6.45) is 0. The molecule has 2 heterocycles. The van der Waals surface area contributed by atoms with Gasteiger partial charge in [-0.25, -0.2) is 0 Å². The van der Waals surface area contributed by atoms with Gasteiger partial charge in [-0.3, -0.25) is 0 Å². The average Bonchev–Trinajstić information content (AvgIpc) is 3.46. The molecule has 72 heavy (non-hydrogen) atoms. The third kappa shape index (κ3) is 6.09. The molecule has 2 aliphatic rings. The number of fused-ring (bicyclic) bond motifs is 6. The van der Waals surface area contributed by atoms with Gasteiger partial charge in [-0.1, -0.05) is 249 Å². The van der Waals surface area contributed by atoms with Crippen LogP contribution >= 0.6 is 0 Å². The van der Waals surface area contributed by atoms with E-state index in [2.05, 4.69) is 279 Å². The number of para-hydroxylation sites is 2. The van der Waals surface area contributed by atoms with Crippen LogP contribution in [0.2, 0.25) is 0 Å². The summed E-state index contributed by atoms with van der Waals surface area (Å²) in [5.74, 6) is 3.40. The molecule has 12 aromatic carbocycles. The van der Waals surface area contributed by atoms with Gasteiger partial charge in [-0.15, -0.1) is 0 Å². The average molecular weight is 919 g/mol. The van der Waals surface area contributed by atoms with E-state index < -0.39 is 10.8 Å². The first-order chi connectivity index (χ1) is 35.7. The summed E-state index contributed by atoms with van der Waals surface area (Å²) in [5.41, 5.74) is 14.6. The molecule has 0 aromatic heterocycles. The topological polar surface area (TPSA) is 18.5 Å². The molecule has 0 aliphatic carbocycles. The summed E-state index contributed by atoms with van der Waals surface area (Å²) >= 11 is 0. The first kappa shape index (κ1) is 41.7. The Morgan fingerprint density at radius 1 is 0.236 bits per heavy atom. The molecule has 14 rings (SSSR count). The third-order valence-corrected chi connectivity index (χ3v) is 15.3. The second-order valence-corrected chi connectivity index (χ2v) is 18.9. The van der Waals surface area contributed by atoms with Crippen LogP contribution in [-0.2, 0) is 10.8 Å². The largest absolute Gasteiger partial charge is 0.457 e. The van der Waals surface area contributed by atoms with E-state index in [0.717, 1.165) is 83.8 Å². The van der Waals surface area contributed by atoms with Crippen molar-refractivity contribution in [1.29, 1.82) is 0 Å². The van der Waals surface area contributed by atoms with Crippen molar-refractivity contribution in [1.82, 2.24) is 0 Å². The van der Waals surface area contributed by atoms with Crippen LogP contribution in [0.15, 0.2) is 279 Å². The van der Waals surface area contributed by atoms with E-state index in [1.54, 1.807) is 0 Å². The highest BCUT2D eigenvalue weighted by atomic mass is 16.5. The molecule has 0 fully saturated rings. The minimum atomic E-state index is -0.715. The Labute approximate surface area is 419 Å². The normalized spacial score (nSPS) is 13.7. The fourth-order valence-corrected chi connectivity index (χ4v) is 12.5. The van der Waals surface area contributed by atoms with Crippen LogP contribution in [0.5, 0.6) is 23.0 Å². The van der Waals surface area contributed by atoms with E-state index in [1.165, 1.54) is 38.6 Å². The van der Waals surface area contributed by atoms with Crippen molar-refractivity contribution in [2.75, 3.05) is 0 Å². The summed E-state index contributed by atoms with van der Waals surface area (Å²) in [6.45, 7) is 0. The number of ether oxygens (including phenoxy) is 2. The summed E-state index contributed by atoms with van der Waals surface area (Å²) in [6, 6.07) is 101. The molecule has 0 saturated heterocycles. The second-order valence-electron chi connectivity index (χ2n) is 18.9. The molecular formula is C70H46O2. The standard InChI is InChI=1S/C70H46O2/c1-6-24-47(25-7-1)66-54-36-20-34-52(56-38-22-44-64-67(56)69(48-26-8-2-9-27-48,49-28-10-3-11-29-49)60-40-16-18-42-62(60)71-64)58(54)46-59-53(35-21-37-55(59)66)57-39-23-45-65-68(57)70(50-30-12-4-13-31-50,51-32-14-5-15-33-51)61-41-17-19-43-63(61)72-65/h1-46H. The fraction of sp³-hybridized carbons (Fsp3) is 0.0286. The van der Waals surface area contributed by atoms with E-state index in [9.17, 15) is 0 Å². The van der Waals surface area contributed by atoms with Crippen molar-refractivity contribution in [2.45, 2.75) is 10.8 Å². The van der Waals surface area contributed by atoms with Gasteiger partial charge in [0.15, 0.2) is 0 Å². The zero-order valence-corrected chi connectivity index (χ0v) is 39.4. The van der Waals surface area contributed by atoms with Crippen LogP contribution in [0, 0.1) is 0 Å². The number of hydrogen-bond acceptors (Lipinski definition) is 2. The first-order valence-electron chi connectivity index (χ1n) is 24.8. The molecule has 12 aromatic rings. The predicted octanol–water partition coefficient (Wildman–Crippen LogP) is 18.0. The molecule has 338 valence electrons. The lowest BCUT2D eigenvalue weighted by Gasteiger charge is -2.43. The molecule has 2 aliphatic heterocycles. The summed E-state index contributed by atoms with van der Waals surface area (Å²) < 4.78 is 14.1. The van der Waals surface area contributed by atoms with E-state index in [1.807, 2.05) is 0 Å². The third-order valence-electron chi connectivity index (χ3n) is 15.3. The quantitative estimate of drug-likeness (QED) is 0.148. The maximum atomic E-state index is 7.05. The monoisotopic (exact) mass is 918 g/mol. The van der Waals surface area contributed by atoms with E-state index in [4.69, 9.17) is 9.47 Å². The van der Waals surface area contributed by atoms with Gasteiger partial charge < -0.3 is 9.47 Å². The van der Waals surface area contributed by atoms with E-state index >= 15 is 0 Å². The van der Waals surface area contributed by atoms with Gasteiger partial charge in [0.25, 0.3) is 0 Å². The molecule has 0 bridgehead atoms. The van der Waals surface area contributed by atoms with Crippen LogP contribution in [0.25, 0.3) is 54.9 Å². The highest BCUT2D eigenvalue weighted by molar-refractivity contribution is 6.19. The van der Waals surface area contributed by atoms with Crippen molar-refractivity contribution in [3.8, 4) is 56.4 Å².